The van der Waals surface area contributed by atoms with Crippen molar-refractivity contribution in [2.24, 2.45) is 5.10 Å². The number of nitrogens with one attached hydrogen (secondary N) is 2. The van der Waals surface area contributed by atoms with Crippen LogP contribution in [0.2, 0.25) is 0 Å². The van der Waals surface area contributed by atoms with E-state index in [4.69, 9.17) is 0 Å². The molecular weight excluding hydrogens is 452 g/mol. The molecule has 0 atom stereocenters. The summed E-state index contributed by atoms with van der Waals surface area (Å²) in [6, 6.07) is 14.0. The van der Waals surface area contributed by atoms with Crippen LogP contribution < -0.4 is 5.43 Å². The molecule has 0 saturated carbocycles. The molecule has 30 heavy (non-hydrogen) atoms. The number of carbonyl (C=O) groups is 1. The lowest BCUT2D eigenvalue weighted by molar-refractivity contribution is -0.384. The second-order valence-corrected chi connectivity index (χ2v) is 7.29. The van der Waals surface area contributed by atoms with E-state index in [1.807, 2.05) is 30.5 Å². The fourth-order valence-corrected chi connectivity index (χ4v) is 3.45. The molecular formula is C20H15BrN6O3. The standard InChI is InChI=1S/C20H15BrN6O3/c21-17-12-26(11-13-5-7-15(8-6-13)27(29)30)25-19(17)20(28)24-23-10-14-9-22-18-4-2-1-3-16(14)18/h1-10,12,22H,11H2,(H,24,28)/b23-10+. The lowest BCUT2D eigenvalue weighted by atomic mass is 10.2. The van der Waals surface area contributed by atoms with Crippen LogP contribution in [0.3, 0.4) is 0 Å². The Labute approximate surface area is 178 Å². The minimum Gasteiger partial charge on any atom is -0.361 e. The average Bonchev–Trinajstić information content (AvgIpc) is 3.32. The molecule has 10 heteroatoms. The number of amides is 1. The number of carbonyl (C=O) groups excluding carboxylic acids is 1. The summed E-state index contributed by atoms with van der Waals surface area (Å²) in [7, 11) is 0. The van der Waals surface area contributed by atoms with Crippen molar-refractivity contribution in [3.8, 4) is 0 Å². The maximum atomic E-state index is 12.4. The predicted molar refractivity (Wildman–Crippen MR) is 115 cm³/mol. The number of nitrogens with zero attached hydrogens (tertiary/aromatic N) is 4. The van der Waals surface area contributed by atoms with Gasteiger partial charge in [0.2, 0.25) is 0 Å². The first-order valence-electron chi connectivity index (χ1n) is 8.87. The Morgan fingerprint density at radius 1 is 1.27 bits per heavy atom. The van der Waals surface area contributed by atoms with Gasteiger partial charge in [0.1, 0.15) is 0 Å². The van der Waals surface area contributed by atoms with Crippen LogP contribution >= 0.6 is 15.9 Å². The van der Waals surface area contributed by atoms with Crippen molar-refractivity contribution in [3.05, 3.63) is 92.3 Å². The maximum absolute atomic E-state index is 12.4. The fraction of sp³-hybridized carbons (Fsp3) is 0.0500. The monoisotopic (exact) mass is 466 g/mol. The Bertz CT molecular complexity index is 1260. The van der Waals surface area contributed by atoms with Crippen LogP contribution in [0.25, 0.3) is 10.9 Å². The van der Waals surface area contributed by atoms with Crippen LogP contribution in [0, 0.1) is 10.1 Å². The number of para-hydroxylation sites is 1. The number of rotatable bonds is 6. The van der Waals surface area contributed by atoms with E-state index in [0.29, 0.717) is 11.0 Å². The summed E-state index contributed by atoms with van der Waals surface area (Å²) in [5, 5.41) is 20.0. The van der Waals surface area contributed by atoms with Gasteiger partial charge in [-0.3, -0.25) is 19.6 Å². The van der Waals surface area contributed by atoms with E-state index in [1.54, 1.807) is 29.2 Å². The Morgan fingerprint density at radius 2 is 2.03 bits per heavy atom. The number of aromatic nitrogens is 3. The Morgan fingerprint density at radius 3 is 2.80 bits per heavy atom. The number of aromatic amines is 1. The smallest absolute Gasteiger partial charge is 0.293 e. The highest BCUT2D eigenvalue weighted by Crippen LogP contribution is 2.18. The van der Waals surface area contributed by atoms with Crippen LogP contribution in [0.1, 0.15) is 21.6 Å². The summed E-state index contributed by atoms with van der Waals surface area (Å²) in [6.07, 6.45) is 5.05. The van der Waals surface area contributed by atoms with Gasteiger partial charge in [0.05, 0.1) is 22.2 Å². The molecule has 1 amide bonds. The number of nitro groups is 1. The van der Waals surface area contributed by atoms with Crippen molar-refractivity contribution < 1.29 is 9.72 Å². The molecule has 150 valence electrons. The summed E-state index contributed by atoms with van der Waals surface area (Å²) < 4.78 is 2.09. The van der Waals surface area contributed by atoms with E-state index in [-0.39, 0.29) is 11.4 Å². The van der Waals surface area contributed by atoms with E-state index in [9.17, 15) is 14.9 Å². The molecule has 2 aromatic carbocycles. The van der Waals surface area contributed by atoms with Gasteiger partial charge in [-0.05, 0) is 27.6 Å². The summed E-state index contributed by atoms with van der Waals surface area (Å²) in [6.45, 7) is 0.364. The quantitative estimate of drug-likeness (QED) is 0.254. The molecule has 2 N–H and O–H groups in total. The Kier molecular flexibility index (Phi) is 5.40. The van der Waals surface area contributed by atoms with Gasteiger partial charge in [-0.25, -0.2) is 5.43 Å². The Hall–Kier alpha value is -3.79. The van der Waals surface area contributed by atoms with Crippen molar-refractivity contribution in [1.82, 2.24) is 20.2 Å². The molecule has 0 bridgehead atoms. The molecule has 0 spiro atoms. The first-order valence-corrected chi connectivity index (χ1v) is 9.66. The molecule has 4 aromatic rings. The second kappa shape index (κ2) is 8.29. The number of benzene rings is 2. The highest BCUT2D eigenvalue weighted by Gasteiger charge is 2.15. The van der Waals surface area contributed by atoms with Crippen LogP contribution in [-0.4, -0.2) is 31.8 Å². The van der Waals surface area contributed by atoms with Crippen LogP contribution in [-0.2, 0) is 6.54 Å². The molecule has 4 rings (SSSR count). The van der Waals surface area contributed by atoms with Crippen molar-refractivity contribution in [1.29, 1.82) is 0 Å². The van der Waals surface area contributed by atoms with Gasteiger partial charge < -0.3 is 4.98 Å². The predicted octanol–water partition coefficient (Wildman–Crippen LogP) is 3.85. The summed E-state index contributed by atoms with van der Waals surface area (Å²) in [5.74, 6) is -0.458. The third-order valence-electron chi connectivity index (χ3n) is 4.41. The minimum absolute atomic E-state index is 0.0218. The zero-order chi connectivity index (χ0) is 21.1. The van der Waals surface area contributed by atoms with Gasteiger partial charge in [0.25, 0.3) is 11.6 Å². The van der Waals surface area contributed by atoms with Gasteiger partial charge in [0, 0.05) is 41.0 Å². The zero-order valence-electron chi connectivity index (χ0n) is 15.4. The summed E-state index contributed by atoms with van der Waals surface area (Å²) in [4.78, 5) is 25.9. The first kappa shape index (κ1) is 19.5. The van der Waals surface area contributed by atoms with Crippen molar-refractivity contribution >= 4 is 44.6 Å². The minimum atomic E-state index is -0.458. The molecule has 9 nitrogen and oxygen atoms in total. The van der Waals surface area contributed by atoms with E-state index in [1.165, 1.54) is 12.1 Å². The molecule has 0 radical (unpaired) electrons. The van der Waals surface area contributed by atoms with Gasteiger partial charge in [-0.15, -0.1) is 0 Å². The molecule has 0 aliphatic carbocycles. The molecule has 0 aliphatic heterocycles. The fourth-order valence-electron chi connectivity index (χ4n) is 2.96. The lowest BCUT2D eigenvalue weighted by Gasteiger charge is -2.01. The Balaban J connectivity index is 1.43. The average molecular weight is 467 g/mol. The third kappa shape index (κ3) is 4.13. The van der Waals surface area contributed by atoms with Crippen molar-refractivity contribution in [3.63, 3.8) is 0 Å². The topological polar surface area (TPSA) is 118 Å². The number of hydrogen-bond acceptors (Lipinski definition) is 5. The number of H-pyrrole nitrogens is 1. The maximum Gasteiger partial charge on any atom is 0.293 e. The largest absolute Gasteiger partial charge is 0.361 e. The molecule has 2 aromatic heterocycles. The number of nitro benzene ring substituents is 1. The number of fused-ring (bicyclic) bond motifs is 1. The zero-order valence-corrected chi connectivity index (χ0v) is 17.0. The summed E-state index contributed by atoms with van der Waals surface area (Å²) in [5.41, 5.74) is 5.34. The van der Waals surface area contributed by atoms with Gasteiger partial charge in [-0.2, -0.15) is 10.2 Å². The molecule has 2 heterocycles. The van der Waals surface area contributed by atoms with Crippen LogP contribution in [0.15, 0.2) is 70.5 Å². The van der Waals surface area contributed by atoms with E-state index in [0.717, 1.165) is 22.0 Å². The van der Waals surface area contributed by atoms with E-state index < -0.39 is 10.8 Å². The highest BCUT2D eigenvalue weighted by atomic mass is 79.9. The van der Waals surface area contributed by atoms with Crippen LogP contribution in [0.4, 0.5) is 5.69 Å². The molecule has 0 aliphatic rings. The van der Waals surface area contributed by atoms with Crippen LogP contribution in [0.5, 0.6) is 0 Å². The van der Waals surface area contributed by atoms with Gasteiger partial charge in [-0.1, -0.05) is 30.3 Å². The number of hydrogen-bond donors (Lipinski definition) is 2. The highest BCUT2D eigenvalue weighted by molar-refractivity contribution is 9.10. The molecule has 0 fully saturated rings. The summed E-state index contributed by atoms with van der Waals surface area (Å²) >= 11 is 3.33. The molecule has 0 unspecified atom stereocenters. The number of hydrazone groups is 1. The normalized spacial score (nSPS) is 11.2. The second-order valence-electron chi connectivity index (χ2n) is 6.44. The van der Waals surface area contributed by atoms with E-state index >= 15 is 0 Å². The lowest BCUT2D eigenvalue weighted by Crippen LogP contribution is -2.19. The van der Waals surface area contributed by atoms with Gasteiger partial charge in [0.15, 0.2) is 5.69 Å². The first-order chi connectivity index (χ1) is 14.5. The van der Waals surface area contributed by atoms with Crippen molar-refractivity contribution in [2.75, 3.05) is 0 Å². The number of halogens is 1. The SMILES string of the molecule is O=C(N/N=C/c1c[nH]c2ccccc12)c1nn(Cc2ccc([N+](=O)[O-])cc2)cc1Br. The van der Waals surface area contributed by atoms with E-state index in [2.05, 4.69) is 36.5 Å². The van der Waals surface area contributed by atoms with Crippen molar-refractivity contribution in [2.45, 2.75) is 6.54 Å². The number of non-ortho nitro benzene ring substituents is 1. The molecule has 0 saturated heterocycles. The van der Waals surface area contributed by atoms with Gasteiger partial charge >= 0.3 is 0 Å². The third-order valence-corrected chi connectivity index (χ3v) is 5.00.